The van der Waals surface area contributed by atoms with Crippen LogP contribution in [0.3, 0.4) is 0 Å². The number of Topliss-reactive ketones (excluding diaryl/α,β-unsaturated/α-hetero) is 2. The Balaban J connectivity index is 1.76. The minimum absolute atomic E-state index is 0.286. The Labute approximate surface area is 202 Å². The molecule has 3 rings (SSSR count). The molecule has 1 aliphatic carbocycles. The van der Waals surface area contributed by atoms with Crippen molar-refractivity contribution in [3.8, 4) is 0 Å². The van der Waals surface area contributed by atoms with Crippen LogP contribution in [-0.2, 0) is 11.2 Å². The maximum absolute atomic E-state index is 13.2. The molecule has 1 atom stereocenters. The second-order valence-corrected chi connectivity index (χ2v) is 10.2. The number of aromatic nitrogens is 2. The number of rotatable bonds is 4. The van der Waals surface area contributed by atoms with Gasteiger partial charge in [-0.05, 0) is 52.2 Å². The first kappa shape index (κ1) is 25.3. The van der Waals surface area contributed by atoms with Gasteiger partial charge in [0, 0.05) is 32.9 Å². The average Bonchev–Trinajstić information content (AvgIpc) is 3.10. The van der Waals surface area contributed by atoms with Gasteiger partial charge >= 0.3 is 12.1 Å². The molecule has 2 heterocycles. The molecule has 0 saturated carbocycles. The maximum Gasteiger partial charge on any atom is 0.415 e. The van der Waals surface area contributed by atoms with Gasteiger partial charge in [0.25, 0.3) is 0 Å². The molecule has 1 unspecified atom stereocenters. The number of pyridine rings is 1. The number of fused-ring (bicyclic) bond motifs is 1. The van der Waals surface area contributed by atoms with E-state index >= 15 is 0 Å². The monoisotopic (exact) mass is 487 g/mol. The summed E-state index contributed by atoms with van der Waals surface area (Å²) in [6.45, 7) is 5.31. The van der Waals surface area contributed by atoms with Gasteiger partial charge in [0.15, 0.2) is 16.7 Å². The third kappa shape index (κ3) is 5.77. The fourth-order valence-electron chi connectivity index (χ4n) is 3.34. The largest absolute Gasteiger partial charge is 0.443 e. The van der Waals surface area contributed by atoms with E-state index in [1.54, 1.807) is 47.0 Å². The van der Waals surface area contributed by atoms with E-state index in [-0.39, 0.29) is 23.2 Å². The number of ether oxygens (including phenoxy) is 1. The minimum atomic E-state index is -0.852. The van der Waals surface area contributed by atoms with Gasteiger partial charge in [-0.1, -0.05) is 11.3 Å². The van der Waals surface area contributed by atoms with Gasteiger partial charge in [0.2, 0.25) is 0 Å². The highest BCUT2D eigenvalue weighted by molar-refractivity contribution is 7.17. The Bertz CT molecular complexity index is 1100. The third-order valence-corrected chi connectivity index (χ3v) is 6.15. The zero-order valence-corrected chi connectivity index (χ0v) is 21.0. The van der Waals surface area contributed by atoms with Gasteiger partial charge in [-0.3, -0.25) is 19.8 Å². The zero-order chi connectivity index (χ0) is 25.2. The molecule has 182 valence electrons. The fourth-order valence-corrected chi connectivity index (χ4v) is 4.33. The number of carbonyl (C=O) groups is 4. The van der Waals surface area contributed by atoms with Crippen molar-refractivity contribution in [1.29, 1.82) is 0 Å². The van der Waals surface area contributed by atoms with Crippen molar-refractivity contribution in [2.45, 2.75) is 45.6 Å². The number of nitrogens with one attached hydrogen (secondary N) is 1. The number of anilines is 2. The summed E-state index contributed by atoms with van der Waals surface area (Å²) in [6, 6.07) is 2.76. The van der Waals surface area contributed by atoms with Gasteiger partial charge < -0.3 is 9.64 Å². The van der Waals surface area contributed by atoms with Gasteiger partial charge in [0.1, 0.15) is 11.4 Å². The predicted molar refractivity (Wildman–Crippen MR) is 129 cm³/mol. The summed E-state index contributed by atoms with van der Waals surface area (Å²) in [6.07, 6.45) is 2.38. The molecule has 0 bridgehead atoms. The van der Waals surface area contributed by atoms with Crippen LogP contribution in [-0.4, -0.2) is 65.3 Å². The van der Waals surface area contributed by atoms with Crippen molar-refractivity contribution >= 4 is 46.0 Å². The molecule has 2 aromatic rings. The van der Waals surface area contributed by atoms with Crippen LogP contribution in [0.1, 0.15) is 59.3 Å². The fraction of sp³-hybridized carbons (Fsp3) is 0.478. The minimum Gasteiger partial charge on any atom is -0.443 e. The van der Waals surface area contributed by atoms with Crippen LogP contribution in [0.25, 0.3) is 0 Å². The Hall–Kier alpha value is -3.34. The molecule has 0 spiro atoms. The summed E-state index contributed by atoms with van der Waals surface area (Å²) < 4.78 is 5.33. The molecule has 3 amide bonds. The highest BCUT2D eigenvalue weighted by Crippen LogP contribution is 2.33. The Morgan fingerprint density at radius 2 is 1.88 bits per heavy atom. The van der Waals surface area contributed by atoms with Crippen molar-refractivity contribution < 1.29 is 23.9 Å². The second-order valence-electron chi connectivity index (χ2n) is 9.24. The lowest BCUT2D eigenvalue weighted by molar-refractivity contribution is 0.0587. The first-order valence-electron chi connectivity index (χ1n) is 10.9. The molecule has 0 fully saturated rings. The van der Waals surface area contributed by atoms with E-state index in [0.29, 0.717) is 40.8 Å². The smallest absolute Gasteiger partial charge is 0.415 e. The van der Waals surface area contributed by atoms with E-state index < -0.39 is 17.6 Å². The second kappa shape index (κ2) is 9.88. The van der Waals surface area contributed by atoms with Crippen molar-refractivity contribution in [2.24, 2.45) is 5.92 Å². The SMILES string of the molecule is CN(C)C(=O)Nc1nc2c(s1)C(=O)C(C(=O)c1ccc(N(C)C(=O)OC(C)(C)C)nc1)CCC2. The van der Waals surface area contributed by atoms with Crippen LogP contribution in [0.4, 0.5) is 20.5 Å². The highest BCUT2D eigenvalue weighted by Gasteiger charge is 2.34. The van der Waals surface area contributed by atoms with E-state index in [1.807, 2.05) is 0 Å². The quantitative estimate of drug-likeness (QED) is 0.393. The first-order chi connectivity index (χ1) is 15.9. The first-order valence-corrected chi connectivity index (χ1v) is 11.7. The van der Waals surface area contributed by atoms with Crippen LogP contribution < -0.4 is 10.2 Å². The van der Waals surface area contributed by atoms with Gasteiger partial charge in [-0.15, -0.1) is 0 Å². The van der Waals surface area contributed by atoms with E-state index in [0.717, 1.165) is 11.3 Å². The van der Waals surface area contributed by atoms with Crippen LogP contribution in [0.15, 0.2) is 18.3 Å². The standard InChI is InChI=1S/C23H29N5O5S/c1-23(2,3)33-22(32)28(6)16-11-10-13(12-24-16)17(29)14-8-7-9-15-19(18(14)30)34-20(25-15)26-21(31)27(4)5/h10-12,14H,7-9H2,1-6H3,(H,25,26,31). The number of carbonyl (C=O) groups excluding carboxylic acids is 4. The number of urea groups is 1. The molecular weight excluding hydrogens is 458 g/mol. The van der Waals surface area contributed by atoms with E-state index in [9.17, 15) is 19.2 Å². The Kier molecular flexibility index (Phi) is 7.35. The van der Waals surface area contributed by atoms with Crippen LogP contribution in [0, 0.1) is 5.92 Å². The molecule has 34 heavy (non-hydrogen) atoms. The summed E-state index contributed by atoms with van der Waals surface area (Å²) in [5, 5.41) is 2.99. The van der Waals surface area contributed by atoms with Crippen LogP contribution >= 0.6 is 11.3 Å². The molecular formula is C23H29N5O5S. The summed E-state index contributed by atoms with van der Waals surface area (Å²) in [4.78, 5) is 62.2. The van der Waals surface area contributed by atoms with Crippen molar-refractivity contribution in [3.63, 3.8) is 0 Å². The molecule has 0 aliphatic heterocycles. The van der Waals surface area contributed by atoms with E-state index in [2.05, 4.69) is 15.3 Å². The van der Waals surface area contributed by atoms with Gasteiger partial charge in [-0.25, -0.2) is 19.6 Å². The lowest BCUT2D eigenvalue weighted by Gasteiger charge is -2.24. The number of hydrogen-bond donors (Lipinski definition) is 1. The molecule has 1 N–H and O–H groups in total. The van der Waals surface area contributed by atoms with E-state index in [1.165, 1.54) is 23.0 Å². The normalized spacial score (nSPS) is 15.7. The molecule has 1 aliphatic rings. The Morgan fingerprint density at radius 3 is 2.47 bits per heavy atom. The number of ketones is 2. The number of thiazole rings is 1. The zero-order valence-electron chi connectivity index (χ0n) is 20.2. The molecule has 2 aromatic heterocycles. The van der Waals surface area contributed by atoms with Crippen molar-refractivity contribution in [1.82, 2.24) is 14.9 Å². The lowest BCUT2D eigenvalue weighted by atomic mass is 9.91. The Morgan fingerprint density at radius 1 is 1.18 bits per heavy atom. The lowest BCUT2D eigenvalue weighted by Crippen LogP contribution is -2.34. The summed E-state index contributed by atoms with van der Waals surface area (Å²) in [7, 11) is 4.75. The van der Waals surface area contributed by atoms with Gasteiger partial charge in [-0.2, -0.15) is 0 Å². The number of aryl methyl sites for hydroxylation is 1. The average molecular weight is 488 g/mol. The van der Waals surface area contributed by atoms with Crippen molar-refractivity contribution in [2.75, 3.05) is 31.4 Å². The molecule has 0 radical (unpaired) electrons. The molecule has 10 nitrogen and oxygen atoms in total. The van der Waals surface area contributed by atoms with Crippen molar-refractivity contribution in [3.05, 3.63) is 34.5 Å². The van der Waals surface area contributed by atoms with Crippen LogP contribution in [0.5, 0.6) is 0 Å². The number of amides is 3. The van der Waals surface area contributed by atoms with Gasteiger partial charge in [0.05, 0.1) is 16.5 Å². The predicted octanol–water partition coefficient (Wildman–Crippen LogP) is 4.02. The highest BCUT2D eigenvalue weighted by atomic mass is 32.1. The maximum atomic E-state index is 13.2. The third-order valence-electron chi connectivity index (χ3n) is 5.12. The van der Waals surface area contributed by atoms with Crippen LogP contribution in [0.2, 0.25) is 0 Å². The van der Waals surface area contributed by atoms with E-state index in [4.69, 9.17) is 4.74 Å². The summed E-state index contributed by atoms with van der Waals surface area (Å²) in [5.41, 5.74) is 0.242. The summed E-state index contributed by atoms with van der Waals surface area (Å²) >= 11 is 1.09. The number of hydrogen-bond acceptors (Lipinski definition) is 8. The molecule has 0 saturated heterocycles. The summed E-state index contributed by atoms with van der Waals surface area (Å²) in [5.74, 6) is -1.15. The number of nitrogens with zero attached hydrogens (tertiary/aromatic N) is 4. The molecule has 0 aromatic carbocycles. The topological polar surface area (TPSA) is 122 Å². The molecule has 11 heteroatoms.